The Bertz CT molecular complexity index is 227. The van der Waals surface area contributed by atoms with Gasteiger partial charge in [0.1, 0.15) is 0 Å². The fourth-order valence-electron chi connectivity index (χ4n) is 3.00. The van der Waals surface area contributed by atoms with Crippen molar-refractivity contribution in [1.29, 1.82) is 5.26 Å². The van der Waals surface area contributed by atoms with Crippen molar-refractivity contribution < 1.29 is 0 Å². The average molecular weight is 206 g/mol. The highest BCUT2D eigenvalue weighted by atomic mass is 15.2. The Morgan fingerprint density at radius 3 is 2.13 bits per heavy atom. The molecule has 0 radical (unpaired) electrons. The fraction of sp³-hybridized carbons (Fsp3) is 0.923. The zero-order valence-corrected chi connectivity index (χ0v) is 9.78. The largest absolute Gasteiger partial charge is 0.300 e. The molecule has 1 saturated heterocycles. The van der Waals surface area contributed by atoms with Gasteiger partial charge in [-0.2, -0.15) is 5.26 Å². The van der Waals surface area contributed by atoms with Crippen LogP contribution < -0.4 is 0 Å². The Hall–Kier alpha value is -0.550. The van der Waals surface area contributed by atoms with Gasteiger partial charge in [-0.15, -0.1) is 0 Å². The number of hydrogen-bond acceptors (Lipinski definition) is 2. The summed E-state index contributed by atoms with van der Waals surface area (Å²) < 4.78 is 0. The zero-order chi connectivity index (χ0) is 10.7. The highest BCUT2D eigenvalue weighted by molar-refractivity contribution is 4.89. The Morgan fingerprint density at radius 1 is 1.00 bits per heavy atom. The van der Waals surface area contributed by atoms with E-state index in [2.05, 4.69) is 17.9 Å². The van der Waals surface area contributed by atoms with E-state index in [1.54, 1.807) is 0 Å². The van der Waals surface area contributed by atoms with Gasteiger partial charge in [0.2, 0.25) is 0 Å². The van der Waals surface area contributed by atoms with Crippen molar-refractivity contribution in [3.63, 3.8) is 0 Å². The molecular formula is C13H22N2. The van der Waals surface area contributed by atoms with Crippen molar-refractivity contribution >= 4 is 0 Å². The zero-order valence-electron chi connectivity index (χ0n) is 9.78. The molecule has 84 valence electrons. The van der Waals surface area contributed by atoms with E-state index in [-0.39, 0.29) is 0 Å². The maximum Gasteiger partial charge on any atom is 0.0656 e. The normalized spacial score (nSPS) is 34.9. The third-order valence-corrected chi connectivity index (χ3v) is 4.21. The Labute approximate surface area is 93.3 Å². The second kappa shape index (κ2) is 4.99. The number of nitriles is 1. The third kappa shape index (κ3) is 2.72. The van der Waals surface area contributed by atoms with Gasteiger partial charge in [-0.3, -0.25) is 0 Å². The Kier molecular flexibility index (Phi) is 3.64. The van der Waals surface area contributed by atoms with E-state index in [1.807, 2.05) is 0 Å². The van der Waals surface area contributed by atoms with Crippen LogP contribution in [0.4, 0.5) is 0 Å². The van der Waals surface area contributed by atoms with Gasteiger partial charge in [0, 0.05) is 12.0 Å². The maximum atomic E-state index is 8.85. The molecule has 0 aromatic rings. The number of piperidine rings is 1. The first-order valence-electron chi connectivity index (χ1n) is 6.43. The van der Waals surface area contributed by atoms with Crippen LogP contribution in [0.25, 0.3) is 0 Å². The lowest BCUT2D eigenvalue weighted by Gasteiger charge is -2.39. The van der Waals surface area contributed by atoms with Gasteiger partial charge in [-0.05, 0) is 57.5 Å². The monoisotopic (exact) mass is 206 g/mol. The smallest absolute Gasteiger partial charge is 0.0656 e. The lowest BCUT2D eigenvalue weighted by molar-refractivity contribution is 0.107. The van der Waals surface area contributed by atoms with Gasteiger partial charge in [-0.25, -0.2) is 0 Å². The van der Waals surface area contributed by atoms with Crippen LogP contribution >= 0.6 is 0 Å². The molecule has 2 heteroatoms. The van der Waals surface area contributed by atoms with E-state index in [1.165, 1.54) is 25.7 Å². The molecule has 0 N–H and O–H groups in total. The Morgan fingerprint density at radius 2 is 1.60 bits per heavy atom. The molecule has 2 nitrogen and oxygen atoms in total. The summed E-state index contributed by atoms with van der Waals surface area (Å²) in [5.74, 6) is 1.28. The molecule has 2 rings (SSSR count). The number of nitrogens with zero attached hydrogens (tertiary/aromatic N) is 2. The standard InChI is InChI=1S/C13H22N2/c1-11-2-4-13(5-3-11)15-8-6-12(10-14)7-9-15/h11-13H,2-9H2,1H3/t11-,13-. The van der Waals surface area contributed by atoms with Gasteiger partial charge in [0.25, 0.3) is 0 Å². The predicted octanol–water partition coefficient (Wildman–Crippen LogP) is 2.80. The van der Waals surface area contributed by atoms with Gasteiger partial charge < -0.3 is 4.90 Å². The molecule has 1 heterocycles. The predicted molar refractivity (Wildman–Crippen MR) is 61.3 cm³/mol. The van der Waals surface area contributed by atoms with Crippen molar-refractivity contribution in [3.05, 3.63) is 0 Å². The minimum atomic E-state index is 0.337. The lowest BCUT2D eigenvalue weighted by atomic mass is 9.85. The summed E-state index contributed by atoms with van der Waals surface area (Å²) in [5.41, 5.74) is 0. The molecule has 0 bridgehead atoms. The molecule has 0 spiro atoms. The highest BCUT2D eigenvalue weighted by Crippen LogP contribution is 2.29. The Balaban J connectivity index is 1.78. The minimum absolute atomic E-state index is 0.337. The summed E-state index contributed by atoms with van der Waals surface area (Å²) in [7, 11) is 0. The molecule has 0 atom stereocenters. The summed E-state index contributed by atoms with van der Waals surface area (Å²) >= 11 is 0. The van der Waals surface area contributed by atoms with Crippen LogP contribution in [0.1, 0.15) is 45.4 Å². The molecule has 0 amide bonds. The summed E-state index contributed by atoms with van der Waals surface area (Å²) in [6.07, 6.45) is 7.79. The topological polar surface area (TPSA) is 27.0 Å². The molecule has 1 saturated carbocycles. The van der Waals surface area contributed by atoms with Crippen molar-refractivity contribution in [2.45, 2.75) is 51.5 Å². The van der Waals surface area contributed by atoms with Crippen LogP contribution in [0.15, 0.2) is 0 Å². The second-order valence-electron chi connectivity index (χ2n) is 5.35. The van der Waals surface area contributed by atoms with E-state index in [4.69, 9.17) is 5.26 Å². The lowest BCUT2D eigenvalue weighted by Crippen LogP contribution is -2.42. The average Bonchev–Trinajstić information content (AvgIpc) is 2.30. The van der Waals surface area contributed by atoms with Crippen molar-refractivity contribution in [1.82, 2.24) is 4.90 Å². The molecule has 1 aliphatic heterocycles. The van der Waals surface area contributed by atoms with Crippen LogP contribution in [0, 0.1) is 23.2 Å². The van der Waals surface area contributed by atoms with Gasteiger partial charge in [-0.1, -0.05) is 6.92 Å². The van der Waals surface area contributed by atoms with Crippen LogP contribution in [0.5, 0.6) is 0 Å². The number of hydrogen-bond donors (Lipinski definition) is 0. The van der Waals surface area contributed by atoms with Gasteiger partial charge in [0.15, 0.2) is 0 Å². The van der Waals surface area contributed by atoms with E-state index in [0.717, 1.165) is 37.9 Å². The quantitative estimate of drug-likeness (QED) is 0.659. The molecule has 2 aliphatic rings. The van der Waals surface area contributed by atoms with Gasteiger partial charge >= 0.3 is 0 Å². The molecule has 1 aliphatic carbocycles. The van der Waals surface area contributed by atoms with Crippen LogP contribution in [0.3, 0.4) is 0 Å². The summed E-state index contributed by atoms with van der Waals surface area (Å²) in [5, 5.41) is 8.85. The van der Waals surface area contributed by atoms with Crippen molar-refractivity contribution in [3.8, 4) is 6.07 Å². The van der Waals surface area contributed by atoms with E-state index >= 15 is 0 Å². The second-order valence-corrected chi connectivity index (χ2v) is 5.35. The van der Waals surface area contributed by atoms with E-state index in [0.29, 0.717) is 5.92 Å². The van der Waals surface area contributed by atoms with Gasteiger partial charge in [0.05, 0.1) is 6.07 Å². The molecule has 0 aromatic heterocycles. The SMILES string of the molecule is C[C@H]1CC[C@H](N2CCC(C#N)CC2)CC1. The summed E-state index contributed by atoms with van der Waals surface area (Å²) in [6.45, 7) is 4.70. The summed E-state index contributed by atoms with van der Waals surface area (Å²) in [4.78, 5) is 2.64. The molecular weight excluding hydrogens is 184 g/mol. The maximum absolute atomic E-state index is 8.85. The first-order chi connectivity index (χ1) is 7.29. The minimum Gasteiger partial charge on any atom is -0.300 e. The van der Waals surface area contributed by atoms with Crippen LogP contribution in [-0.4, -0.2) is 24.0 Å². The molecule has 15 heavy (non-hydrogen) atoms. The van der Waals surface area contributed by atoms with Crippen LogP contribution in [0.2, 0.25) is 0 Å². The molecule has 2 fully saturated rings. The first-order valence-corrected chi connectivity index (χ1v) is 6.43. The van der Waals surface area contributed by atoms with Crippen LogP contribution in [-0.2, 0) is 0 Å². The van der Waals surface area contributed by atoms with Crippen molar-refractivity contribution in [2.75, 3.05) is 13.1 Å². The van der Waals surface area contributed by atoms with Crippen molar-refractivity contribution in [2.24, 2.45) is 11.8 Å². The fourth-order valence-corrected chi connectivity index (χ4v) is 3.00. The van der Waals surface area contributed by atoms with E-state index < -0.39 is 0 Å². The number of likely N-dealkylation sites (tertiary alicyclic amines) is 1. The first kappa shape index (κ1) is 11.0. The third-order valence-electron chi connectivity index (χ3n) is 4.21. The highest BCUT2D eigenvalue weighted by Gasteiger charge is 2.27. The molecule has 0 unspecified atom stereocenters. The summed E-state index contributed by atoms with van der Waals surface area (Å²) in [6, 6.07) is 3.24. The molecule has 0 aromatic carbocycles. The van der Waals surface area contributed by atoms with E-state index in [9.17, 15) is 0 Å². The number of rotatable bonds is 1.